The maximum Gasteiger partial charge on any atom is 0.259 e. The van der Waals surface area contributed by atoms with Gasteiger partial charge < -0.3 is 14.2 Å². The molecule has 24 heavy (non-hydrogen) atoms. The van der Waals surface area contributed by atoms with Crippen molar-refractivity contribution in [2.24, 2.45) is 5.92 Å². The molecule has 0 aromatic carbocycles. The second-order valence-corrected chi connectivity index (χ2v) is 6.70. The summed E-state index contributed by atoms with van der Waals surface area (Å²) in [5, 5.41) is 8.31. The van der Waals surface area contributed by atoms with Gasteiger partial charge in [0.1, 0.15) is 11.3 Å². The second kappa shape index (κ2) is 6.05. The van der Waals surface area contributed by atoms with E-state index in [0.717, 1.165) is 24.6 Å². The third kappa shape index (κ3) is 2.62. The molecule has 7 heteroatoms. The molecule has 2 aromatic heterocycles. The van der Waals surface area contributed by atoms with Crippen molar-refractivity contribution < 1.29 is 14.1 Å². The second-order valence-electron chi connectivity index (χ2n) is 6.70. The Bertz CT molecular complexity index is 747. The van der Waals surface area contributed by atoms with Gasteiger partial charge in [0.05, 0.1) is 30.7 Å². The molecule has 3 heterocycles. The van der Waals surface area contributed by atoms with Crippen LogP contribution in [0.3, 0.4) is 0 Å². The van der Waals surface area contributed by atoms with E-state index in [1.165, 1.54) is 24.6 Å². The molecule has 128 valence electrons. The Kier molecular flexibility index (Phi) is 3.88. The summed E-state index contributed by atoms with van der Waals surface area (Å²) in [7, 11) is 1.67. The summed E-state index contributed by atoms with van der Waals surface area (Å²) in [5.41, 5.74) is 2.87. The lowest BCUT2D eigenvalue weighted by atomic mass is 9.99. The van der Waals surface area contributed by atoms with E-state index in [9.17, 15) is 4.79 Å². The topological polar surface area (TPSA) is 73.4 Å². The molecule has 4 rings (SSSR count). The van der Waals surface area contributed by atoms with Gasteiger partial charge in [0.15, 0.2) is 0 Å². The molecular formula is C17H22N4O3. The molecule has 1 fully saturated rings. The van der Waals surface area contributed by atoms with Crippen molar-refractivity contribution in [3.63, 3.8) is 0 Å². The van der Waals surface area contributed by atoms with Gasteiger partial charge in [0.2, 0.25) is 0 Å². The zero-order valence-corrected chi connectivity index (χ0v) is 14.1. The predicted molar refractivity (Wildman–Crippen MR) is 85.5 cm³/mol. The standard InChI is InChI=1S/C17H22N4O3/c1-11-14(8-19-24-11)17(22)20-6-5-13-7-18-21(9-12-3-4-12)16(13)15(20)10-23-2/h7-8,12,15H,3-6,9-10H2,1-2H3/t15-/m1/s1. The van der Waals surface area contributed by atoms with E-state index < -0.39 is 0 Å². The first-order chi connectivity index (χ1) is 11.7. The van der Waals surface area contributed by atoms with Crippen LogP contribution in [0, 0.1) is 12.8 Å². The molecule has 0 spiro atoms. The van der Waals surface area contributed by atoms with E-state index in [4.69, 9.17) is 9.26 Å². The van der Waals surface area contributed by atoms with Crippen LogP contribution in [0.25, 0.3) is 0 Å². The number of fused-ring (bicyclic) bond motifs is 1. The molecule has 7 nitrogen and oxygen atoms in total. The molecule has 0 radical (unpaired) electrons. The lowest BCUT2D eigenvalue weighted by molar-refractivity contribution is 0.0480. The van der Waals surface area contributed by atoms with Gasteiger partial charge >= 0.3 is 0 Å². The lowest BCUT2D eigenvalue weighted by Gasteiger charge is -2.36. The minimum atomic E-state index is -0.123. The molecule has 1 atom stereocenters. The SMILES string of the molecule is COC[C@@H]1c2c(cnn2CC2CC2)CCN1C(=O)c1cnoc1C. The Morgan fingerprint density at radius 2 is 2.25 bits per heavy atom. The summed E-state index contributed by atoms with van der Waals surface area (Å²) in [5.74, 6) is 1.22. The van der Waals surface area contributed by atoms with Crippen LogP contribution in [-0.2, 0) is 17.7 Å². The maximum absolute atomic E-state index is 13.0. The summed E-state index contributed by atoms with van der Waals surface area (Å²) in [6.45, 7) is 3.81. The Balaban J connectivity index is 1.67. The smallest absolute Gasteiger partial charge is 0.259 e. The third-order valence-electron chi connectivity index (χ3n) is 4.97. The molecule has 1 aliphatic carbocycles. The quantitative estimate of drug-likeness (QED) is 0.838. The summed E-state index contributed by atoms with van der Waals surface area (Å²) >= 11 is 0. The highest BCUT2D eigenvalue weighted by molar-refractivity contribution is 5.95. The zero-order chi connectivity index (χ0) is 16.7. The van der Waals surface area contributed by atoms with Crippen LogP contribution < -0.4 is 0 Å². The fourth-order valence-corrected chi connectivity index (χ4v) is 3.48. The first-order valence-corrected chi connectivity index (χ1v) is 8.44. The van der Waals surface area contributed by atoms with Crippen molar-refractivity contribution in [2.45, 2.75) is 38.8 Å². The van der Waals surface area contributed by atoms with Gasteiger partial charge in [-0.25, -0.2) is 0 Å². The van der Waals surface area contributed by atoms with Crippen molar-refractivity contribution in [2.75, 3.05) is 20.3 Å². The monoisotopic (exact) mass is 330 g/mol. The van der Waals surface area contributed by atoms with E-state index in [2.05, 4.69) is 14.9 Å². The number of hydrogen-bond donors (Lipinski definition) is 0. The minimum absolute atomic E-state index is 0.0550. The minimum Gasteiger partial charge on any atom is -0.382 e. The van der Waals surface area contributed by atoms with Gasteiger partial charge in [0.25, 0.3) is 5.91 Å². The van der Waals surface area contributed by atoms with Gasteiger partial charge in [-0.3, -0.25) is 9.48 Å². The van der Waals surface area contributed by atoms with Crippen LogP contribution in [0.5, 0.6) is 0 Å². The number of carbonyl (C=O) groups excluding carboxylic acids is 1. The Morgan fingerprint density at radius 1 is 1.42 bits per heavy atom. The number of nitrogens with zero attached hydrogens (tertiary/aromatic N) is 4. The first-order valence-electron chi connectivity index (χ1n) is 8.44. The molecule has 2 aliphatic rings. The Labute approximate surface area is 140 Å². The van der Waals surface area contributed by atoms with Crippen LogP contribution in [-0.4, -0.2) is 46.0 Å². The molecule has 0 saturated heterocycles. The predicted octanol–water partition coefficient (Wildman–Crippen LogP) is 1.98. The molecule has 2 aromatic rings. The Hall–Kier alpha value is -2.15. The van der Waals surface area contributed by atoms with Crippen LogP contribution in [0.1, 0.15) is 46.3 Å². The molecule has 0 bridgehead atoms. The van der Waals surface area contributed by atoms with Crippen molar-refractivity contribution in [3.8, 4) is 0 Å². The highest BCUT2D eigenvalue weighted by Gasteiger charge is 2.36. The molecule has 0 N–H and O–H groups in total. The number of methoxy groups -OCH3 is 1. The van der Waals surface area contributed by atoms with Crippen molar-refractivity contribution >= 4 is 5.91 Å². The van der Waals surface area contributed by atoms with Crippen molar-refractivity contribution in [3.05, 3.63) is 35.0 Å². The van der Waals surface area contributed by atoms with E-state index in [1.807, 2.05) is 11.1 Å². The van der Waals surface area contributed by atoms with Crippen LogP contribution >= 0.6 is 0 Å². The van der Waals surface area contributed by atoms with Crippen molar-refractivity contribution in [1.29, 1.82) is 0 Å². The fraction of sp³-hybridized carbons (Fsp3) is 0.588. The fourth-order valence-electron chi connectivity index (χ4n) is 3.48. The third-order valence-corrected chi connectivity index (χ3v) is 4.97. The molecule has 1 aliphatic heterocycles. The van der Waals surface area contributed by atoms with E-state index >= 15 is 0 Å². The van der Waals surface area contributed by atoms with Gasteiger partial charge in [-0.1, -0.05) is 5.16 Å². The normalized spacial score (nSPS) is 20.2. The summed E-state index contributed by atoms with van der Waals surface area (Å²) < 4.78 is 12.6. The van der Waals surface area contributed by atoms with E-state index in [-0.39, 0.29) is 11.9 Å². The highest BCUT2D eigenvalue weighted by Crippen LogP contribution is 2.35. The largest absolute Gasteiger partial charge is 0.382 e. The average Bonchev–Trinajstić information content (AvgIpc) is 3.14. The summed E-state index contributed by atoms with van der Waals surface area (Å²) in [6.07, 6.45) is 6.81. The Morgan fingerprint density at radius 3 is 2.92 bits per heavy atom. The highest BCUT2D eigenvalue weighted by atomic mass is 16.5. The van der Waals surface area contributed by atoms with Crippen LogP contribution in [0.15, 0.2) is 16.9 Å². The van der Waals surface area contributed by atoms with Gasteiger partial charge in [-0.15, -0.1) is 0 Å². The summed E-state index contributed by atoms with van der Waals surface area (Å²) in [6, 6.07) is -0.123. The van der Waals surface area contributed by atoms with Gasteiger partial charge in [0, 0.05) is 20.2 Å². The molecular weight excluding hydrogens is 308 g/mol. The molecule has 1 saturated carbocycles. The van der Waals surface area contributed by atoms with Gasteiger partial charge in [-0.2, -0.15) is 5.10 Å². The maximum atomic E-state index is 13.0. The van der Waals surface area contributed by atoms with E-state index in [0.29, 0.717) is 24.5 Å². The van der Waals surface area contributed by atoms with Crippen molar-refractivity contribution in [1.82, 2.24) is 19.8 Å². The zero-order valence-electron chi connectivity index (χ0n) is 14.1. The number of carbonyl (C=O) groups is 1. The number of ether oxygens (including phenoxy) is 1. The average molecular weight is 330 g/mol. The first kappa shape index (κ1) is 15.4. The number of rotatable bonds is 5. The number of aryl methyl sites for hydroxylation is 1. The van der Waals surface area contributed by atoms with E-state index in [1.54, 1.807) is 14.0 Å². The van der Waals surface area contributed by atoms with Gasteiger partial charge in [-0.05, 0) is 37.7 Å². The molecule has 1 amide bonds. The number of aromatic nitrogens is 3. The van der Waals surface area contributed by atoms with Crippen LogP contribution in [0.2, 0.25) is 0 Å². The lowest BCUT2D eigenvalue weighted by Crippen LogP contribution is -2.43. The molecule has 0 unspecified atom stereocenters. The number of amides is 1. The summed E-state index contributed by atoms with van der Waals surface area (Å²) in [4.78, 5) is 14.9. The number of hydrogen-bond acceptors (Lipinski definition) is 5. The van der Waals surface area contributed by atoms with Crippen LogP contribution in [0.4, 0.5) is 0 Å².